The molecule has 2 rings (SSSR count). The maximum Gasteiger partial charge on any atom is 0.244 e. The summed E-state index contributed by atoms with van der Waals surface area (Å²) in [4.78, 5) is -0.564. The van der Waals surface area contributed by atoms with E-state index < -0.39 is 26.6 Å². The number of sulfonamides is 1. The summed E-state index contributed by atoms with van der Waals surface area (Å²) >= 11 is 2.85. The van der Waals surface area contributed by atoms with Crippen LogP contribution in [-0.4, -0.2) is 27.5 Å². The minimum Gasteiger partial charge on any atom is -0.313 e. The second kappa shape index (κ2) is 4.60. The van der Waals surface area contributed by atoms with E-state index >= 15 is 0 Å². The van der Waals surface area contributed by atoms with Gasteiger partial charge in [0, 0.05) is 29.7 Å². The molecule has 8 heteroatoms. The first-order valence-corrected chi connectivity index (χ1v) is 7.05. The number of nitrogens with one attached hydrogen (secondary N) is 2. The molecule has 0 aliphatic carbocycles. The van der Waals surface area contributed by atoms with E-state index in [1.807, 2.05) is 0 Å². The van der Waals surface area contributed by atoms with Gasteiger partial charge in [-0.3, -0.25) is 0 Å². The zero-order chi connectivity index (χ0) is 12.6. The molecule has 0 aromatic heterocycles. The normalized spacial score (nSPS) is 16.9. The second-order valence-corrected chi connectivity index (χ2v) is 6.18. The fourth-order valence-corrected chi connectivity index (χ4v) is 3.84. The summed E-state index contributed by atoms with van der Waals surface area (Å²) in [7, 11) is -3.98. The van der Waals surface area contributed by atoms with Crippen molar-refractivity contribution in [2.45, 2.75) is 10.9 Å². The third-order valence-corrected chi connectivity index (χ3v) is 4.82. The molecule has 1 aromatic rings. The van der Waals surface area contributed by atoms with Gasteiger partial charge in [0.05, 0.1) is 0 Å². The first-order valence-electron chi connectivity index (χ1n) is 4.78. The van der Waals surface area contributed by atoms with Crippen LogP contribution in [0.15, 0.2) is 21.5 Å². The molecule has 94 valence electrons. The predicted molar refractivity (Wildman–Crippen MR) is 61.0 cm³/mol. The molecule has 0 atom stereocenters. The highest BCUT2D eigenvalue weighted by Crippen LogP contribution is 2.26. The van der Waals surface area contributed by atoms with Gasteiger partial charge in [0.25, 0.3) is 0 Å². The van der Waals surface area contributed by atoms with E-state index in [1.54, 1.807) is 0 Å². The van der Waals surface area contributed by atoms with E-state index in [1.165, 1.54) is 0 Å². The number of hydrogen-bond donors (Lipinski definition) is 2. The minimum absolute atomic E-state index is 0.130. The van der Waals surface area contributed by atoms with Crippen molar-refractivity contribution in [2.24, 2.45) is 0 Å². The lowest BCUT2D eigenvalue weighted by molar-refractivity contribution is 0.409. The standard InChI is InChI=1S/C9H9BrF2N2O2S/c10-7-1-5(11)2-8(12)9(7)17(15,16)14-6-3-13-4-6/h1-2,6,13-14H,3-4H2. The lowest BCUT2D eigenvalue weighted by Crippen LogP contribution is -2.56. The predicted octanol–water partition coefficient (Wildman–Crippen LogP) is 0.977. The Hall–Kier alpha value is -0.570. The Bertz CT molecular complexity index is 523. The van der Waals surface area contributed by atoms with Crippen LogP contribution in [-0.2, 0) is 10.0 Å². The molecule has 1 fully saturated rings. The van der Waals surface area contributed by atoms with Crippen molar-refractivity contribution < 1.29 is 17.2 Å². The lowest BCUT2D eigenvalue weighted by atomic mass is 10.2. The Morgan fingerprint density at radius 1 is 1.35 bits per heavy atom. The van der Waals surface area contributed by atoms with Crippen molar-refractivity contribution in [2.75, 3.05) is 13.1 Å². The van der Waals surface area contributed by atoms with Gasteiger partial charge in [-0.05, 0) is 22.0 Å². The number of halogens is 3. The number of benzene rings is 1. The molecule has 0 spiro atoms. The number of hydrogen-bond acceptors (Lipinski definition) is 3. The Morgan fingerprint density at radius 2 is 2.00 bits per heavy atom. The summed E-state index contributed by atoms with van der Waals surface area (Å²) in [5.41, 5.74) is 0. The molecule has 17 heavy (non-hydrogen) atoms. The van der Waals surface area contributed by atoms with Crippen LogP contribution in [0.5, 0.6) is 0 Å². The summed E-state index contributed by atoms with van der Waals surface area (Å²) in [5.74, 6) is -1.95. The van der Waals surface area contributed by atoms with E-state index in [0.29, 0.717) is 19.2 Å². The summed E-state index contributed by atoms with van der Waals surface area (Å²) in [5, 5.41) is 2.88. The van der Waals surface area contributed by atoms with Gasteiger partial charge in [0.1, 0.15) is 16.5 Å². The highest BCUT2D eigenvalue weighted by molar-refractivity contribution is 9.10. The maximum atomic E-state index is 13.5. The monoisotopic (exact) mass is 326 g/mol. The molecule has 0 radical (unpaired) electrons. The van der Waals surface area contributed by atoms with Gasteiger partial charge < -0.3 is 5.32 Å². The van der Waals surface area contributed by atoms with Crippen LogP contribution >= 0.6 is 15.9 Å². The van der Waals surface area contributed by atoms with Crippen LogP contribution in [0.1, 0.15) is 0 Å². The molecule has 0 unspecified atom stereocenters. The molecular weight excluding hydrogens is 318 g/mol. The van der Waals surface area contributed by atoms with E-state index in [4.69, 9.17) is 0 Å². The average molecular weight is 327 g/mol. The molecule has 0 bridgehead atoms. The first kappa shape index (κ1) is 12.9. The van der Waals surface area contributed by atoms with Crippen molar-refractivity contribution >= 4 is 26.0 Å². The van der Waals surface area contributed by atoms with Crippen molar-refractivity contribution in [3.8, 4) is 0 Å². The quantitative estimate of drug-likeness (QED) is 0.870. The van der Waals surface area contributed by atoms with Crippen molar-refractivity contribution in [3.05, 3.63) is 28.2 Å². The summed E-state index contributed by atoms with van der Waals surface area (Å²) in [6.45, 7) is 0.999. The highest BCUT2D eigenvalue weighted by Gasteiger charge is 2.28. The first-order chi connectivity index (χ1) is 7.90. The minimum atomic E-state index is -3.98. The summed E-state index contributed by atoms with van der Waals surface area (Å²) in [6, 6.07) is 1.20. The zero-order valence-electron chi connectivity index (χ0n) is 8.50. The second-order valence-electron chi connectivity index (χ2n) is 3.68. The Kier molecular flexibility index (Phi) is 3.48. The lowest BCUT2D eigenvalue weighted by Gasteiger charge is -2.27. The molecule has 0 amide bonds. The van der Waals surface area contributed by atoms with E-state index in [2.05, 4.69) is 26.0 Å². The van der Waals surface area contributed by atoms with Crippen molar-refractivity contribution in [3.63, 3.8) is 0 Å². The van der Waals surface area contributed by atoms with E-state index in [9.17, 15) is 17.2 Å². The molecule has 0 saturated carbocycles. The van der Waals surface area contributed by atoms with Gasteiger partial charge >= 0.3 is 0 Å². The highest BCUT2D eigenvalue weighted by atomic mass is 79.9. The van der Waals surface area contributed by atoms with E-state index in [-0.39, 0.29) is 10.5 Å². The molecule has 1 aromatic carbocycles. The Morgan fingerprint density at radius 3 is 2.47 bits per heavy atom. The van der Waals surface area contributed by atoms with Gasteiger partial charge in [-0.25, -0.2) is 21.9 Å². The molecule has 1 heterocycles. The van der Waals surface area contributed by atoms with Gasteiger partial charge in [0.15, 0.2) is 0 Å². The van der Waals surface area contributed by atoms with Gasteiger partial charge in [-0.15, -0.1) is 0 Å². The van der Waals surface area contributed by atoms with Gasteiger partial charge in [0.2, 0.25) is 10.0 Å². The van der Waals surface area contributed by atoms with Crippen LogP contribution in [0.2, 0.25) is 0 Å². The molecular formula is C9H9BrF2N2O2S. The Balaban J connectivity index is 2.38. The van der Waals surface area contributed by atoms with Crippen molar-refractivity contribution in [1.29, 1.82) is 0 Å². The maximum absolute atomic E-state index is 13.5. The molecule has 1 aliphatic heterocycles. The summed E-state index contributed by atoms with van der Waals surface area (Å²) in [6.07, 6.45) is 0. The van der Waals surface area contributed by atoms with Crippen LogP contribution in [0.25, 0.3) is 0 Å². The smallest absolute Gasteiger partial charge is 0.244 e. The fraction of sp³-hybridized carbons (Fsp3) is 0.333. The third-order valence-electron chi connectivity index (χ3n) is 2.34. The van der Waals surface area contributed by atoms with Crippen molar-refractivity contribution in [1.82, 2.24) is 10.0 Å². The fourth-order valence-electron chi connectivity index (χ4n) is 1.44. The Labute approximate surface area is 106 Å². The SMILES string of the molecule is O=S(=O)(NC1CNC1)c1c(F)cc(F)cc1Br. The molecule has 1 aliphatic rings. The topological polar surface area (TPSA) is 58.2 Å². The van der Waals surface area contributed by atoms with Gasteiger partial charge in [-0.1, -0.05) is 0 Å². The average Bonchev–Trinajstić information content (AvgIpc) is 2.09. The van der Waals surface area contributed by atoms with Crippen LogP contribution < -0.4 is 10.0 Å². The zero-order valence-corrected chi connectivity index (χ0v) is 10.9. The third kappa shape index (κ3) is 2.65. The van der Waals surface area contributed by atoms with Gasteiger partial charge in [-0.2, -0.15) is 0 Å². The summed E-state index contributed by atoms with van der Waals surface area (Å²) < 4.78 is 52.2. The molecule has 1 saturated heterocycles. The molecule has 2 N–H and O–H groups in total. The molecule has 4 nitrogen and oxygen atoms in total. The van der Waals surface area contributed by atoms with Crippen LogP contribution in [0.4, 0.5) is 8.78 Å². The number of rotatable bonds is 3. The van der Waals surface area contributed by atoms with Crippen LogP contribution in [0.3, 0.4) is 0 Å². The largest absolute Gasteiger partial charge is 0.313 e. The van der Waals surface area contributed by atoms with Crippen LogP contribution in [0, 0.1) is 11.6 Å². The van der Waals surface area contributed by atoms with E-state index in [0.717, 1.165) is 6.07 Å².